The predicted molar refractivity (Wildman–Crippen MR) is 116 cm³/mol. The van der Waals surface area contributed by atoms with Crippen LogP contribution in [-0.4, -0.2) is 4.98 Å². The number of H-pyrrole nitrogens is 1. The van der Waals surface area contributed by atoms with E-state index in [0.29, 0.717) is 0 Å². The molecule has 3 rings (SSSR count). The Morgan fingerprint density at radius 2 is 1.46 bits per heavy atom. The number of aromatic amines is 1. The van der Waals surface area contributed by atoms with Gasteiger partial charge in [0, 0.05) is 26.8 Å². The molecule has 1 nitrogen and oxygen atoms in total. The summed E-state index contributed by atoms with van der Waals surface area (Å²) in [5.74, 6) is 0. The Kier molecular flexibility index (Phi) is 7.43. The highest BCUT2D eigenvalue weighted by molar-refractivity contribution is 6.31. The molecule has 3 aromatic rings. The molecule has 0 radical (unpaired) electrons. The zero-order chi connectivity index (χ0) is 18.2. The molecule has 0 unspecified atom stereocenters. The smallest absolute Gasteiger partial charge is 0.0497 e. The van der Waals surface area contributed by atoms with Crippen LogP contribution in [0.3, 0.4) is 0 Å². The molecule has 0 aliphatic carbocycles. The van der Waals surface area contributed by atoms with Gasteiger partial charge in [0.1, 0.15) is 0 Å². The highest BCUT2D eigenvalue weighted by atomic mass is 35.5. The van der Waals surface area contributed by atoms with Crippen LogP contribution >= 0.6 is 11.6 Å². The number of para-hydroxylation sites is 1. The number of benzene rings is 2. The number of halogens is 1. The molecule has 0 spiro atoms. The summed E-state index contributed by atoms with van der Waals surface area (Å²) in [6.45, 7) is 2.28. The molecule has 0 saturated heterocycles. The lowest BCUT2D eigenvalue weighted by molar-refractivity contribution is 0.556. The summed E-state index contributed by atoms with van der Waals surface area (Å²) in [5.41, 5.74) is 3.91. The first-order valence-corrected chi connectivity index (χ1v) is 10.9. The molecule has 0 saturated carbocycles. The number of unbranched alkanes of at least 4 members (excludes halogenated alkanes) is 9. The van der Waals surface area contributed by atoms with E-state index in [0.717, 1.165) is 11.4 Å². The van der Waals surface area contributed by atoms with Crippen molar-refractivity contribution in [3.05, 3.63) is 47.0 Å². The molecule has 1 aromatic heterocycles. The van der Waals surface area contributed by atoms with Gasteiger partial charge in [0.05, 0.1) is 0 Å². The number of fused-ring (bicyclic) bond motifs is 3. The third-order valence-electron chi connectivity index (χ3n) is 5.48. The zero-order valence-corrected chi connectivity index (χ0v) is 16.9. The molecule has 1 N–H and O–H groups in total. The fourth-order valence-electron chi connectivity index (χ4n) is 3.97. The van der Waals surface area contributed by atoms with Crippen LogP contribution in [0.15, 0.2) is 36.4 Å². The quantitative estimate of drug-likeness (QED) is 0.326. The van der Waals surface area contributed by atoms with Crippen LogP contribution in [0.25, 0.3) is 21.8 Å². The molecule has 2 heteroatoms. The van der Waals surface area contributed by atoms with Gasteiger partial charge in [0.15, 0.2) is 0 Å². The molecule has 0 amide bonds. The first-order chi connectivity index (χ1) is 12.8. The van der Waals surface area contributed by atoms with Crippen LogP contribution in [0.1, 0.15) is 76.7 Å². The molecule has 0 fully saturated rings. The van der Waals surface area contributed by atoms with E-state index < -0.39 is 0 Å². The first kappa shape index (κ1) is 19.3. The van der Waals surface area contributed by atoms with Gasteiger partial charge in [-0.15, -0.1) is 0 Å². The van der Waals surface area contributed by atoms with Crippen molar-refractivity contribution >= 4 is 33.4 Å². The molecule has 0 bridgehead atoms. The highest BCUT2D eigenvalue weighted by Crippen LogP contribution is 2.30. The van der Waals surface area contributed by atoms with Crippen LogP contribution in [0.5, 0.6) is 0 Å². The van der Waals surface area contributed by atoms with E-state index in [4.69, 9.17) is 11.6 Å². The highest BCUT2D eigenvalue weighted by Gasteiger charge is 2.08. The van der Waals surface area contributed by atoms with Crippen LogP contribution < -0.4 is 0 Å². The lowest BCUT2D eigenvalue weighted by Gasteiger charge is -2.04. The Morgan fingerprint density at radius 3 is 2.19 bits per heavy atom. The van der Waals surface area contributed by atoms with Crippen molar-refractivity contribution in [3.63, 3.8) is 0 Å². The standard InChI is InChI=1S/C24H32ClN/c1-2-3-4-5-6-7-8-9-10-11-13-19-14-12-15-21-22-18-20(25)16-17-23(22)26-24(19)21/h12,14-18,26H,2-11,13H2,1H3. The van der Waals surface area contributed by atoms with Crippen LogP contribution in [-0.2, 0) is 6.42 Å². The van der Waals surface area contributed by atoms with E-state index in [1.54, 1.807) is 0 Å². The third kappa shape index (κ3) is 5.04. The van der Waals surface area contributed by atoms with E-state index in [1.807, 2.05) is 6.07 Å². The van der Waals surface area contributed by atoms with E-state index in [1.165, 1.54) is 91.6 Å². The topological polar surface area (TPSA) is 15.8 Å². The number of aromatic nitrogens is 1. The third-order valence-corrected chi connectivity index (χ3v) is 5.72. The number of aryl methyl sites for hydroxylation is 1. The van der Waals surface area contributed by atoms with Gasteiger partial charge in [-0.3, -0.25) is 0 Å². The predicted octanol–water partition coefficient (Wildman–Crippen LogP) is 8.44. The van der Waals surface area contributed by atoms with E-state index in [-0.39, 0.29) is 0 Å². The minimum absolute atomic E-state index is 0.804. The van der Waals surface area contributed by atoms with Gasteiger partial charge in [-0.05, 0) is 36.6 Å². The van der Waals surface area contributed by atoms with Crippen LogP contribution in [0.2, 0.25) is 5.02 Å². The fourth-order valence-corrected chi connectivity index (χ4v) is 4.14. The van der Waals surface area contributed by atoms with E-state index >= 15 is 0 Å². The van der Waals surface area contributed by atoms with E-state index in [9.17, 15) is 0 Å². The summed E-state index contributed by atoms with van der Waals surface area (Å²) in [5, 5.41) is 3.34. The summed E-state index contributed by atoms with van der Waals surface area (Å²) in [6, 6.07) is 12.8. The summed E-state index contributed by atoms with van der Waals surface area (Å²) in [7, 11) is 0. The summed E-state index contributed by atoms with van der Waals surface area (Å²) in [4.78, 5) is 3.60. The lowest BCUT2D eigenvalue weighted by Crippen LogP contribution is -1.88. The first-order valence-electron chi connectivity index (χ1n) is 10.5. The van der Waals surface area contributed by atoms with Gasteiger partial charge >= 0.3 is 0 Å². The molecular formula is C24H32ClN. The van der Waals surface area contributed by atoms with Gasteiger partial charge in [-0.2, -0.15) is 0 Å². The SMILES string of the molecule is CCCCCCCCCCCCc1cccc2c1[nH]c1ccc(Cl)cc12. The maximum absolute atomic E-state index is 6.18. The van der Waals surface area contributed by atoms with Gasteiger partial charge in [0.25, 0.3) is 0 Å². The second kappa shape index (κ2) is 10.0. The molecular weight excluding hydrogens is 338 g/mol. The number of nitrogens with one attached hydrogen (secondary N) is 1. The molecule has 2 aromatic carbocycles. The van der Waals surface area contributed by atoms with Crippen molar-refractivity contribution < 1.29 is 0 Å². The minimum atomic E-state index is 0.804. The van der Waals surface area contributed by atoms with Crippen molar-refractivity contribution in [2.75, 3.05) is 0 Å². The maximum atomic E-state index is 6.18. The molecule has 0 atom stereocenters. The Balaban J connectivity index is 1.47. The van der Waals surface area contributed by atoms with Crippen molar-refractivity contribution in [3.8, 4) is 0 Å². The second-order valence-corrected chi connectivity index (χ2v) is 8.02. The largest absolute Gasteiger partial charge is 0.354 e. The summed E-state index contributed by atoms with van der Waals surface area (Å²) in [6.07, 6.45) is 15.0. The van der Waals surface area contributed by atoms with Crippen molar-refractivity contribution in [2.24, 2.45) is 0 Å². The summed E-state index contributed by atoms with van der Waals surface area (Å²) < 4.78 is 0. The lowest BCUT2D eigenvalue weighted by atomic mass is 10.0. The molecule has 26 heavy (non-hydrogen) atoms. The number of rotatable bonds is 11. The van der Waals surface area contributed by atoms with Crippen molar-refractivity contribution in [1.82, 2.24) is 4.98 Å². The number of hydrogen-bond donors (Lipinski definition) is 1. The average molecular weight is 370 g/mol. The number of hydrogen-bond acceptors (Lipinski definition) is 0. The van der Waals surface area contributed by atoms with Gasteiger partial charge < -0.3 is 4.98 Å². The molecule has 140 valence electrons. The van der Waals surface area contributed by atoms with E-state index in [2.05, 4.69) is 42.2 Å². The van der Waals surface area contributed by atoms with Crippen molar-refractivity contribution in [2.45, 2.75) is 77.6 Å². The van der Waals surface area contributed by atoms with Gasteiger partial charge in [-0.1, -0.05) is 94.5 Å². The Hall–Kier alpha value is -1.47. The Bertz CT molecular complexity index is 818. The fraction of sp³-hybridized carbons (Fsp3) is 0.500. The zero-order valence-electron chi connectivity index (χ0n) is 16.1. The second-order valence-electron chi connectivity index (χ2n) is 7.59. The Morgan fingerprint density at radius 1 is 0.769 bits per heavy atom. The van der Waals surface area contributed by atoms with Gasteiger partial charge in [-0.25, -0.2) is 0 Å². The molecule has 0 aliphatic heterocycles. The van der Waals surface area contributed by atoms with Crippen LogP contribution in [0, 0.1) is 0 Å². The molecule has 0 aliphatic rings. The maximum Gasteiger partial charge on any atom is 0.0497 e. The monoisotopic (exact) mass is 369 g/mol. The normalized spacial score (nSPS) is 11.6. The summed E-state index contributed by atoms with van der Waals surface area (Å²) >= 11 is 6.18. The van der Waals surface area contributed by atoms with Crippen molar-refractivity contribution in [1.29, 1.82) is 0 Å². The average Bonchev–Trinajstić information content (AvgIpc) is 3.02. The molecule has 1 heterocycles. The minimum Gasteiger partial charge on any atom is -0.354 e. The van der Waals surface area contributed by atoms with Gasteiger partial charge in [0.2, 0.25) is 0 Å². The van der Waals surface area contributed by atoms with Crippen LogP contribution in [0.4, 0.5) is 0 Å². The Labute approximate surface area is 163 Å².